The van der Waals surface area contributed by atoms with Gasteiger partial charge in [0.25, 0.3) is 5.91 Å². The van der Waals surface area contributed by atoms with Crippen molar-refractivity contribution >= 4 is 11.9 Å². The fraction of sp³-hybridized carbons (Fsp3) is 0.312. The van der Waals surface area contributed by atoms with E-state index in [1.54, 1.807) is 10.9 Å². The van der Waals surface area contributed by atoms with Crippen molar-refractivity contribution in [2.45, 2.75) is 12.8 Å². The molecule has 1 fully saturated rings. The number of hydrogen-bond donors (Lipinski definition) is 2. The summed E-state index contributed by atoms with van der Waals surface area (Å²) in [5.74, 6) is -0.977. The van der Waals surface area contributed by atoms with Gasteiger partial charge in [0, 0.05) is 6.54 Å². The number of carbonyl (C=O) groups is 2. The summed E-state index contributed by atoms with van der Waals surface area (Å²) in [6.45, 7) is 0.0997. The van der Waals surface area contributed by atoms with Crippen molar-refractivity contribution in [1.29, 1.82) is 0 Å². The summed E-state index contributed by atoms with van der Waals surface area (Å²) in [5, 5.41) is 16.0. The van der Waals surface area contributed by atoms with Crippen LogP contribution in [0.1, 0.15) is 23.3 Å². The highest BCUT2D eigenvalue weighted by Crippen LogP contribution is 2.45. The molecule has 0 bridgehead atoms. The van der Waals surface area contributed by atoms with Gasteiger partial charge in [0.05, 0.1) is 24.4 Å². The van der Waals surface area contributed by atoms with E-state index in [0.29, 0.717) is 18.6 Å². The van der Waals surface area contributed by atoms with E-state index < -0.39 is 17.3 Å². The Hall–Kier alpha value is -2.83. The first-order chi connectivity index (χ1) is 11.1. The summed E-state index contributed by atoms with van der Waals surface area (Å²) >= 11 is 0. The maximum Gasteiger partial charge on any atom is 0.311 e. The summed E-state index contributed by atoms with van der Waals surface area (Å²) < 4.78 is 6.76. The van der Waals surface area contributed by atoms with Crippen molar-refractivity contribution in [2.75, 3.05) is 13.7 Å². The highest BCUT2D eigenvalue weighted by molar-refractivity contribution is 5.95. The van der Waals surface area contributed by atoms with Gasteiger partial charge in [-0.05, 0) is 25.0 Å². The van der Waals surface area contributed by atoms with Crippen LogP contribution in [0, 0.1) is 5.41 Å². The molecule has 7 nitrogen and oxygen atoms in total. The van der Waals surface area contributed by atoms with Gasteiger partial charge in [-0.2, -0.15) is 5.10 Å². The monoisotopic (exact) mass is 315 g/mol. The van der Waals surface area contributed by atoms with E-state index in [2.05, 4.69) is 10.4 Å². The van der Waals surface area contributed by atoms with Crippen molar-refractivity contribution < 1.29 is 19.4 Å². The van der Waals surface area contributed by atoms with Crippen LogP contribution in [0.3, 0.4) is 0 Å². The number of carboxylic acid groups (broad SMARTS) is 1. The van der Waals surface area contributed by atoms with Crippen LogP contribution in [0.5, 0.6) is 5.75 Å². The number of hydrogen-bond acceptors (Lipinski definition) is 4. The zero-order valence-electron chi connectivity index (χ0n) is 12.7. The summed E-state index contributed by atoms with van der Waals surface area (Å²) in [7, 11) is 1.46. The van der Waals surface area contributed by atoms with Gasteiger partial charge >= 0.3 is 5.97 Å². The molecule has 1 aliphatic rings. The molecule has 23 heavy (non-hydrogen) atoms. The van der Waals surface area contributed by atoms with Crippen molar-refractivity contribution in [3.8, 4) is 11.4 Å². The smallest absolute Gasteiger partial charge is 0.311 e. The lowest BCUT2D eigenvalue weighted by Gasteiger charge is -2.10. The Labute approximate surface area is 132 Å². The lowest BCUT2D eigenvalue weighted by molar-refractivity contribution is -0.143. The topological polar surface area (TPSA) is 93.5 Å². The molecule has 3 rings (SSSR count). The van der Waals surface area contributed by atoms with Crippen LogP contribution >= 0.6 is 0 Å². The molecule has 1 aromatic carbocycles. The molecule has 0 aliphatic heterocycles. The van der Waals surface area contributed by atoms with Crippen molar-refractivity contribution in [1.82, 2.24) is 15.1 Å². The van der Waals surface area contributed by atoms with Gasteiger partial charge < -0.3 is 15.2 Å². The first-order valence-electron chi connectivity index (χ1n) is 7.26. The quantitative estimate of drug-likeness (QED) is 0.842. The number of amides is 1. The van der Waals surface area contributed by atoms with Crippen LogP contribution < -0.4 is 10.1 Å². The van der Waals surface area contributed by atoms with E-state index in [4.69, 9.17) is 9.84 Å². The predicted molar refractivity (Wildman–Crippen MR) is 81.8 cm³/mol. The number of rotatable bonds is 6. The Bertz CT molecular complexity index is 735. The lowest BCUT2D eigenvalue weighted by atomic mass is 10.1. The summed E-state index contributed by atoms with van der Waals surface area (Å²) in [6, 6.07) is 9.34. The summed E-state index contributed by atoms with van der Waals surface area (Å²) in [6.07, 6.45) is 2.78. The van der Waals surface area contributed by atoms with Crippen LogP contribution in [-0.2, 0) is 4.79 Å². The Balaban J connectivity index is 1.78. The highest BCUT2D eigenvalue weighted by atomic mass is 16.5. The molecule has 1 heterocycles. The molecule has 0 unspecified atom stereocenters. The predicted octanol–water partition coefficient (Wildman–Crippen LogP) is 1.48. The zero-order chi connectivity index (χ0) is 16.4. The van der Waals surface area contributed by atoms with E-state index in [1.165, 1.54) is 7.11 Å². The standard InChI is InChI=1S/C16H17N3O4/c1-23-12-9-19(11-5-3-2-4-6-11)18-13(12)14(20)17-10-16(7-8-16)15(21)22/h2-6,9H,7-8,10H2,1H3,(H,17,20)(H,21,22). The van der Waals surface area contributed by atoms with Gasteiger partial charge in [-0.25, -0.2) is 4.68 Å². The SMILES string of the molecule is COc1cn(-c2ccccc2)nc1C(=O)NCC1(C(=O)O)CC1. The number of carbonyl (C=O) groups excluding carboxylic acids is 1. The molecule has 1 aliphatic carbocycles. The third kappa shape index (κ3) is 2.90. The van der Waals surface area contributed by atoms with Crippen LogP contribution in [0.25, 0.3) is 5.69 Å². The zero-order valence-corrected chi connectivity index (χ0v) is 12.7. The molecule has 0 radical (unpaired) electrons. The molecule has 0 spiro atoms. The lowest BCUT2D eigenvalue weighted by Crippen LogP contribution is -2.34. The van der Waals surface area contributed by atoms with Gasteiger partial charge in [0.2, 0.25) is 0 Å². The largest absolute Gasteiger partial charge is 0.493 e. The number of nitrogens with zero attached hydrogens (tertiary/aromatic N) is 2. The molecule has 0 atom stereocenters. The Morgan fingerprint density at radius 3 is 2.61 bits per heavy atom. The third-order valence-corrected chi connectivity index (χ3v) is 4.03. The Kier molecular flexibility index (Phi) is 3.77. The first-order valence-corrected chi connectivity index (χ1v) is 7.26. The second-order valence-corrected chi connectivity index (χ2v) is 5.59. The second-order valence-electron chi connectivity index (χ2n) is 5.59. The molecule has 120 valence electrons. The minimum absolute atomic E-state index is 0.0997. The third-order valence-electron chi connectivity index (χ3n) is 4.03. The minimum atomic E-state index is -0.875. The number of methoxy groups -OCH3 is 1. The molecule has 2 N–H and O–H groups in total. The molecule has 1 saturated carbocycles. The van der Waals surface area contributed by atoms with Gasteiger partial charge in [0.15, 0.2) is 11.4 Å². The highest BCUT2D eigenvalue weighted by Gasteiger charge is 2.50. The normalized spacial score (nSPS) is 15.0. The molecular formula is C16H17N3O4. The molecular weight excluding hydrogens is 298 g/mol. The maximum absolute atomic E-state index is 12.3. The average molecular weight is 315 g/mol. The number of carboxylic acids is 1. The Morgan fingerprint density at radius 2 is 2.04 bits per heavy atom. The van der Waals surface area contributed by atoms with Gasteiger partial charge in [0.1, 0.15) is 0 Å². The van der Waals surface area contributed by atoms with Crippen molar-refractivity contribution in [2.24, 2.45) is 5.41 Å². The van der Waals surface area contributed by atoms with Gasteiger partial charge in [-0.3, -0.25) is 9.59 Å². The first kappa shape index (κ1) is 15.1. The van der Waals surface area contributed by atoms with Gasteiger partial charge in [-0.1, -0.05) is 18.2 Å². The summed E-state index contributed by atoms with van der Waals surface area (Å²) in [4.78, 5) is 23.5. The fourth-order valence-electron chi connectivity index (χ4n) is 2.33. The molecule has 1 amide bonds. The average Bonchev–Trinajstić information content (AvgIpc) is 3.24. The minimum Gasteiger partial charge on any atom is -0.493 e. The Morgan fingerprint density at radius 1 is 1.35 bits per heavy atom. The molecule has 7 heteroatoms. The number of aromatic nitrogens is 2. The van der Waals surface area contributed by atoms with Gasteiger partial charge in [-0.15, -0.1) is 0 Å². The maximum atomic E-state index is 12.3. The van der Waals surface area contributed by atoms with E-state index in [9.17, 15) is 9.59 Å². The van der Waals surface area contributed by atoms with E-state index in [0.717, 1.165) is 5.69 Å². The fourth-order valence-corrected chi connectivity index (χ4v) is 2.33. The van der Waals surface area contributed by atoms with Crippen molar-refractivity contribution in [3.63, 3.8) is 0 Å². The van der Waals surface area contributed by atoms with E-state index >= 15 is 0 Å². The summed E-state index contributed by atoms with van der Waals surface area (Å²) in [5.41, 5.74) is 0.122. The number of ether oxygens (including phenoxy) is 1. The molecule has 0 saturated heterocycles. The van der Waals surface area contributed by atoms with Crippen LogP contribution in [0.2, 0.25) is 0 Å². The number of benzene rings is 1. The van der Waals surface area contributed by atoms with E-state index in [1.807, 2.05) is 30.3 Å². The number of para-hydroxylation sites is 1. The second kappa shape index (κ2) is 5.75. The number of aliphatic carboxylic acids is 1. The van der Waals surface area contributed by atoms with E-state index in [-0.39, 0.29) is 12.2 Å². The van der Waals surface area contributed by atoms with Crippen molar-refractivity contribution in [3.05, 3.63) is 42.2 Å². The van der Waals surface area contributed by atoms with Crippen LogP contribution in [-0.4, -0.2) is 40.4 Å². The number of nitrogens with one attached hydrogen (secondary N) is 1. The van der Waals surface area contributed by atoms with Crippen LogP contribution in [0.15, 0.2) is 36.5 Å². The molecule has 1 aromatic heterocycles. The van der Waals surface area contributed by atoms with Crippen LogP contribution in [0.4, 0.5) is 0 Å². The molecule has 2 aromatic rings.